The minimum absolute atomic E-state index is 0.0322. The molecule has 2 aromatic rings. The molecule has 98 valence electrons. The van der Waals surface area contributed by atoms with Gasteiger partial charge in [0.05, 0.1) is 16.3 Å². The van der Waals surface area contributed by atoms with Crippen LogP contribution in [0.2, 0.25) is 5.02 Å². The van der Waals surface area contributed by atoms with E-state index in [1.807, 2.05) is 0 Å². The van der Waals surface area contributed by atoms with Gasteiger partial charge in [-0.1, -0.05) is 16.8 Å². The largest absolute Gasteiger partial charge is 0.478 e. The summed E-state index contributed by atoms with van der Waals surface area (Å²) in [4.78, 5) is 22.5. The van der Waals surface area contributed by atoms with Crippen LogP contribution in [-0.2, 0) is 0 Å². The normalized spacial score (nSPS) is 10.2. The number of carbonyl (C=O) groups is 2. The van der Waals surface area contributed by atoms with Crippen LogP contribution >= 0.6 is 11.6 Å². The molecule has 19 heavy (non-hydrogen) atoms. The summed E-state index contributed by atoms with van der Waals surface area (Å²) in [5.41, 5.74) is 0.925. The van der Waals surface area contributed by atoms with E-state index < -0.39 is 11.9 Å². The summed E-state index contributed by atoms with van der Waals surface area (Å²) in [5, 5.41) is 15.0. The molecule has 0 aliphatic rings. The van der Waals surface area contributed by atoms with E-state index in [2.05, 4.69) is 10.5 Å². The maximum absolute atomic E-state index is 11.8. The molecule has 0 bridgehead atoms. The van der Waals surface area contributed by atoms with Crippen molar-refractivity contribution in [3.63, 3.8) is 0 Å². The summed E-state index contributed by atoms with van der Waals surface area (Å²) in [5.74, 6) is -1.55. The van der Waals surface area contributed by atoms with E-state index in [-0.39, 0.29) is 16.3 Å². The molecule has 1 aromatic carbocycles. The summed E-state index contributed by atoms with van der Waals surface area (Å²) >= 11 is 5.79. The fraction of sp³-hybridized carbons (Fsp3) is 0.0833. The number of aryl methyl sites for hydroxylation is 1. The second-order valence-corrected chi connectivity index (χ2v) is 4.19. The van der Waals surface area contributed by atoms with E-state index in [0.717, 1.165) is 0 Å². The topological polar surface area (TPSA) is 92.4 Å². The second kappa shape index (κ2) is 5.11. The highest BCUT2D eigenvalue weighted by Crippen LogP contribution is 2.21. The van der Waals surface area contributed by atoms with Crippen LogP contribution in [0.5, 0.6) is 0 Å². The highest BCUT2D eigenvalue weighted by Gasteiger charge is 2.14. The Kier molecular flexibility index (Phi) is 3.52. The maximum Gasteiger partial charge on any atom is 0.337 e. The zero-order chi connectivity index (χ0) is 14.0. The van der Waals surface area contributed by atoms with Gasteiger partial charge in [-0.15, -0.1) is 0 Å². The Morgan fingerprint density at radius 2 is 2.11 bits per heavy atom. The van der Waals surface area contributed by atoms with Crippen LogP contribution in [0.4, 0.5) is 5.69 Å². The molecule has 0 saturated heterocycles. The van der Waals surface area contributed by atoms with Crippen molar-refractivity contribution in [2.75, 3.05) is 5.32 Å². The van der Waals surface area contributed by atoms with Crippen molar-refractivity contribution in [2.45, 2.75) is 6.92 Å². The zero-order valence-corrected chi connectivity index (χ0v) is 10.6. The van der Waals surface area contributed by atoms with Gasteiger partial charge in [0.1, 0.15) is 0 Å². The molecule has 2 N–H and O–H groups in total. The SMILES string of the molecule is Cc1cc(C(=O)Nc2ccc(C(=O)O)c(Cl)c2)on1. The number of aromatic nitrogens is 1. The average molecular weight is 281 g/mol. The standard InChI is InChI=1S/C12H9ClN2O4/c1-6-4-10(19-15-6)11(16)14-7-2-3-8(12(17)18)9(13)5-7/h2-5H,1H3,(H,14,16)(H,17,18). The lowest BCUT2D eigenvalue weighted by Gasteiger charge is -2.04. The van der Waals surface area contributed by atoms with Crippen molar-refractivity contribution in [1.82, 2.24) is 5.16 Å². The summed E-state index contributed by atoms with van der Waals surface area (Å²) < 4.78 is 4.80. The van der Waals surface area contributed by atoms with Crippen LogP contribution in [0.25, 0.3) is 0 Å². The molecule has 6 nitrogen and oxygen atoms in total. The Hall–Kier alpha value is -2.34. The van der Waals surface area contributed by atoms with E-state index in [4.69, 9.17) is 21.2 Å². The third kappa shape index (κ3) is 2.92. The van der Waals surface area contributed by atoms with Gasteiger partial charge in [0.2, 0.25) is 5.76 Å². The van der Waals surface area contributed by atoms with Gasteiger partial charge in [0, 0.05) is 11.8 Å². The number of carboxylic acid groups (broad SMARTS) is 1. The second-order valence-electron chi connectivity index (χ2n) is 3.79. The van der Waals surface area contributed by atoms with E-state index >= 15 is 0 Å². The Morgan fingerprint density at radius 1 is 1.37 bits per heavy atom. The molecular weight excluding hydrogens is 272 g/mol. The molecule has 0 unspecified atom stereocenters. The van der Waals surface area contributed by atoms with Gasteiger partial charge in [-0.2, -0.15) is 0 Å². The zero-order valence-electron chi connectivity index (χ0n) is 9.81. The molecule has 0 aliphatic carbocycles. The average Bonchev–Trinajstić information content (AvgIpc) is 2.75. The number of benzene rings is 1. The Labute approximate surface area is 113 Å². The van der Waals surface area contributed by atoms with Crippen molar-refractivity contribution in [3.8, 4) is 0 Å². The molecule has 0 fully saturated rings. The van der Waals surface area contributed by atoms with E-state index in [1.54, 1.807) is 6.92 Å². The summed E-state index contributed by atoms with van der Waals surface area (Å²) in [6, 6.07) is 5.59. The number of nitrogens with zero attached hydrogens (tertiary/aromatic N) is 1. The van der Waals surface area contributed by atoms with Crippen LogP contribution in [0.15, 0.2) is 28.8 Å². The van der Waals surface area contributed by atoms with Gasteiger partial charge in [0.25, 0.3) is 5.91 Å². The third-order valence-corrected chi connectivity index (χ3v) is 2.62. The van der Waals surface area contributed by atoms with Gasteiger partial charge in [-0.05, 0) is 25.1 Å². The first-order chi connectivity index (χ1) is 8.97. The Bertz CT molecular complexity index is 651. The molecule has 0 aliphatic heterocycles. The molecule has 0 radical (unpaired) electrons. The van der Waals surface area contributed by atoms with Crippen molar-refractivity contribution in [1.29, 1.82) is 0 Å². The number of halogens is 1. The van der Waals surface area contributed by atoms with Crippen LogP contribution in [-0.4, -0.2) is 22.1 Å². The fourth-order valence-corrected chi connectivity index (χ4v) is 1.69. The maximum atomic E-state index is 11.8. The van der Waals surface area contributed by atoms with Crippen molar-refractivity contribution >= 4 is 29.2 Å². The quantitative estimate of drug-likeness (QED) is 0.901. The Balaban J connectivity index is 2.18. The summed E-state index contributed by atoms with van der Waals surface area (Å²) in [6.45, 7) is 1.69. The first-order valence-corrected chi connectivity index (χ1v) is 5.62. The molecule has 0 atom stereocenters. The number of carboxylic acids is 1. The minimum Gasteiger partial charge on any atom is -0.478 e. The molecule has 1 heterocycles. The number of amides is 1. The Morgan fingerprint density at radius 3 is 2.63 bits per heavy atom. The molecular formula is C12H9ClN2O4. The predicted molar refractivity (Wildman–Crippen MR) is 67.6 cm³/mol. The number of aromatic carboxylic acids is 1. The van der Waals surface area contributed by atoms with Gasteiger partial charge in [-0.3, -0.25) is 4.79 Å². The van der Waals surface area contributed by atoms with E-state index in [9.17, 15) is 9.59 Å². The number of hydrogen-bond acceptors (Lipinski definition) is 4. The number of rotatable bonds is 3. The van der Waals surface area contributed by atoms with Crippen LogP contribution in [0, 0.1) is 6.92 Å². The van der Waals surface area contributed by atoms with Gasteiger partial charge < -0.3 is 14.9 Å². The molecule has 0 spiro atoms. The van der Waals surface area contributed by atoms with Crippen LogP contribution in [0.1, 0.15) is 26.6 Å². The lowest BCUT2D eigenvalue weighted by atomic mass is 10.2. The number of anilines is 1. The van der Waals surface area contributed by atoms with Crippen molar-refractivity contribution < 1.29 is 19.2 Å². The number of carbonyl (C=O) groups excluding carboxylic acids is 1. The lowest BCUT2D eigenvalue weighted by molar-refractivity contribution is 0.0697. The predicted octanol–water partition coefficient (Wildman–Crippen LogP) is 2.59. The van der Waals surface area contributed by atoms with Crippen molar-refractivity contribution in [2.24, 2.45) is 0 Å². The summed E-state index contributed by atoms with van der Waals surface area (Å²) in [7, 11) is 0. The highest BCUT2D eigenvalue weighted by atomic mass is 35.5. The molecule has 7 heteroatoms. The molecule has 2 rings (SSSR count). The lowest BCUT2D eigenvalue weighted by Crippen LogP contribution is -2.11. The third-order valence-electron chi connectivity index (χ3n) is 2.31. The van der Waals surface area contributed by atoms with E-state index in [1.165, 1.54) is 24.3 Å². The van der Waals surface area contributed by atoms with Gasteiger partial charge in [-0.25, -0.2) is 4.79 Å². The van der Waals surface area contributed by atoms with Gasteiger partial charge in [0.15, 0.2) is 0 Å². The molecule has 1 amide bonds. The van der Waals surface area contributed by atoms with Gasteiger partial charge >= 0.3 is 5.97 Å². The number of hydrogen-bond donors (Lipinski definition) is 2. The van der Waals surface area contributed by atoms with Crippen molar-refractivity contribution in [3.05, 3.63) is 46.3 Å². The molecule has 1 aromatic heterocycles. The van der Waals surface area contributed by atoms with Crippen LogP contribution < -0.4 is 5.32 Å². The molecule has 0 saturated carbocycles. The van der Waals surface area contributed by atoms with Crippen LogP contribution in [0.3, 0.4) is 0 Å². The minimum atomic E-state index is -1.13. The van der Waals surface area contributed by atoms with E-state index in [0.29, 0.717) is 11.4 Å². The number of nitrogens with one attached hydrogen (secondary N) is 1. The first kappa shape index (κ1) is 13.1. The fourth-order valence-electron chi connectivity index (χ4n) is 1.43. The smallest absolute Gasteiger partial charge is 0.337 e. The highest BCUT2D eigenvalue weighted by molar-refractivity contribution is 6.33. The monoisotopic (exact) mass is 280 g/mol. The summed E-state index contributed by atoms with van der Waals surface area (Å²) in [6.07, 6.45) is 0. The first-order valence-electron chi connectivity index (χ1n) is 5.25.